The second kappa shape index (κ2) is 6.14. The molecule has 0 saturated heterocycles. The Morgan fingerprint density at radius 1 is 1.19 bits per heavy atom. The molecular formula is C16H14ClFN2O. The molecule has 108 valence electrons. The zero-order valence-electron chi connectivity index (χ0n) is 11.3. The van der Waals surface area contributed by atoms with Gasteiger partial charge >= 0.3 is 0 Å². The fourth-order valence-corrected chi connectivity index (χ4v) is 2.38. The average Bonchev–Trinajstić information content (AvgIpc) is 2.88. The summed E-state index contributed by atoms with van der Waals surface area (Å²) in [5.74, 6) is 0.172. The van der Waals surface area contributed by atoms with E-state index < -0.39 is 5.82 Å². The van der Waals surface area contributed by atoms with Gasteiger partial charge in [0.2, 0.25) is 0 Å². The lowest BCUT2D eigenvalue weighted by Crippen LogP contribution is -2.02. The Morgan fingerprint density at radius 2 is 2.00 bits per heavy atom. The van der Waals surface area contributed by atoms with Crippen LogP contribution in [0.15, 0.2) is 46.9 Å². The number of benzene rings is 2. The van der Waals surface area contributed by atoms with Crippen molar-refractivity contribution in [3.05, 3.63) is 59.2 Å². The highest BCUT2D eigenvalue weighted by molar-refractivity contribution is 6.34. The first-order chi connectivity index (χ1) is 10.2. The molecule has 3 nitrogen and oxygen atoms in total. The maximum atomic E-state index is 13.2. The molecule has 1 N–H and O–H groups in total. The van der Waals surface area contributed by atoms with Gasteiger partial charge in [-0.3, -0.25) is 0 Å². The zero-order valence-corrected chi connectivity index (χ0v) is 12.0. The van der Waals surface area contributed by atoms with Crippen LogP contribution in [0, 0.1) is 5.82 Å². The first-order valence-electron chi connectivity index (χ1n) is 6.76. The molecule has 0 unspecified atom stereocenters. The van der Waals surface area contributed by atoms with Crippen molar-refractivity contribution in [2.24, 2.45) is 0 Å². The van der Waals surface area contributed by atoms with Gasteiger partial charge in [-0.05, 0) is 24.6 Å². The van der Waals surface area contributed by atoms with Gasteiger partial charge in [-0.15, -0.1) is 0 Å². The Hall–Kier alpha value is -2.07. The normalized spacial score (nSPS) is 11.0. The van der Waals surface area contributed by atoms with Gasteiger partial charge in [-0.1, -0.05) is 29.8 Å². The molecule has 0 radical (unpaired) electrons. The van der Waals surface area contributed by atoms with Crippen LogP contribution in [0.1, 0.15) is 12.3 Å². The summed E-state index contributed by atoms with van der Waals surface area (Å²) in [7, 11) is 0. The number of aromatic nitrogens is 1. The number of aryl methyl sites for hydroxylation is 1. The number of para-hydroxylation sites is 1. The summed E-state index contributed by atoms with van der Waals surface area (Å²) in [5, 5.41) is 3.57. The molecule has 3 rings (SSSR count). The van der Waals surface area contributed by atoms with E-state index in [-0.39, 0.29) is 5.02 Å². The molecule has 3 aromatic rings. The fourth-order valence-electron chi connectivity index (χ4n) is 2.14. The number of rotatable bonds is 5. The van der Waals surface area contributed by atoms with Gasteiger partial charge in [0, 0.05) is 24.7 Å². The maximum Gasteiger partial charge on any atom is 0.195 e. The van der Waals surface area contributed by atoms with E-state index in [0.29, 0.717) is 23.4 Å². The summed E-state index contributed by atoms with van der Waals surface area (Å²) in [6.45, 7) is 0.810. The fraction of sp³-hybridized carbons (Fsp3) is 0.188. The summed E-state index contributed by atoms with van der Waals surface area (Å²) < 4.78 is 18.8. The SMILES string of the molecule is Fc1cc(Cl)c2oc(CCCNc3ccccc3)nc2c1. The smallest absolute Gasteiger partial charge is 0.195 e. The van der Waals surface area contributed by atoms with Crippen molar-refractivity contribution >= 4 is 28.4 Å². The number of nitrogens with one attached hydrogen (secondary N) is 1. The van der Waals surface area contributed by atoms with Crippen molar-refractivity contribution in [1.82, 2.24) is 4.98 Å². The first kappa shape index (κ1) is 13.9. The van der Waals surface area contributed by atoms with E-state index in [1.807, 2.05) is 30.3 Å². The molecular weight excluding hydrogens is 291 g/mol. The Labute approximate surface area is 126 Å². The molecule has 0 bridgehead atoms. The monoisotopic (exact) mass is 304 g/mol. The van der Waals surface area contributed by atoms with Crippen molar-refractivity contribution in [2.75, 3.05) is 11.9 Å². The maximum absolute atomic E-state index is 13.2. The number of hydrogen-bond acceptors (Lipinski definition) is 3. The number of hydrogen-bond donors (Lipinski definition) is 1. The number of oxazole rings is 1. The number of halogens is 2. The predicted octanol–water partition coefficient (Wildman–Crippen LogP) is 4.67. The molecule has 0 atom stereocenters. The van der Waals surface area contributed by atoms with Gasteiger partial charge in [0.15, 0.2) is 11.5 Å². The van der Waals surface area contributed by atoms with Gasteiger partial charge in [-0.2, -0.15) is 0 Å². The minimum Gasteiger partial charge on any atom is -0.439 e. The Balaban J connectivity index is 1.59. The van der Waals surface area contributed by atoms with Crippen molar-refractivity contribution in [2.45, 2.75) is 12.8 Å². The van der Waals surface area contributed by atoms with Gasteiger partial charge in [0.25, 0.3) is 0 Å². The third kappa shape index (κ3) is 3.34. The molecule has 0 saturated carbocycles. The van der Waals surface area contributed by atoms with Crippen LogP contribution in [-0.4, -0.2) is 11.5 Å². The zero-order chi connectivity index (χ0) is 14.7. The third-order valence-electron chi connectivity index (χ3n) is 3.12. The highest BCUT2D eigenvalue weighted by Crippen LogP contribution is 2.26. The molecule has 1 aromatic heterocycles. The molecule has 2 aromatic carbocycles. The molecule has 0 aliphatic heterocycles. The van der Waals surface area contributed by atoms with Crippen LogP contribution in [0.4, 0.5) is 10.1 Å². The number of fused-ring (bicyclic) bond motifs is 1. The lowest BCUT2D eigenvalue weighted by molar-refractivity contribution is 0.522. The topological polar surface area (TPSA) is 38.1 Å². The van der Waals surface area contributed by atoms with E-state index in [1.54, 1.807) is 0 Å². The van der Waals surface area contributed by atoms with Gasteiger partial charge in [0.05, 0.1) is 5.02 Å². The minimum atomic E-state index is -0.405. The summed E-state index contributed by atoms with van der Waals surface area (Å²) in [6.07, 6.45) is 1.54. The summed E-state index contributed by atoms with van der Waals surface area (Å²) in [5.41, 5.74) is 2.00. The van der Waals surface area contributed by atoms with Crippen LogP contribution in [0.2, 0.25) is 5.02 Å². The van der Waals surface area contributed by atoms with Gasteiger partial charge in [0.1, 0.15) is 11.3 Å². The molecule has 0 amide bonds. The second-order valence-corrected chi connectivity index (χ2v) is 5.15. The quantitative estimate of drug-likeness (QED) is 0.696. The van der Waals surface area contributed by atoms with E-state index in [1.165, 1.54) is 12.1 Å². The number of anilines is 1. The highest BCUT2D eigenvalue weighted by atomic mass is 35.5. The predicted molar refractivity (Wildman–Crippen MR) is 82.2 cm³/mol. The van der Waals surface area contributed by atoms with Crippen molar-refractivity contribution < 1.29 is 8.81 Å². The summed E-state index contributed by atoms with van der Waals surface area (Å²) >= 11 is 5.93. The van der Waals surface area contributed by atoms with Gasteiger partial charge < -0.3 is 9.73 Å². The molecule has 0 aliphatic carbocycles. The van der Waals surface area contributed by atoms with Crippen LogP contribution < -0.4 is 5.32 Å². The first-order valence-corrected chi connectivity index (χ1v) is 7.13. The molecule has 0 aliphatic rings. The van der Waals surface area contributed by atoms with E-state index >= 15 is 0 Å². The lowest BCUT2D eigenvalue weighted by Gasteiger charge is -2.04. The molecule has 5 heteroatoms. The van der Waals surface area contributed by atoms with Crippen molar-refractivity contribution in [3.63, 3.8) is 0 Å². The average molecular weight is 305 g/mol. The highest BCUT2D eigenvalue weighted by Gasteiger charge is 2.10. The molecule has 21 heavy (non-hydrogen) atoms. The van der Waals surface area contributed by atoms with Crippen LogP contribution in [0.3, 0.4) is 0 Å². The summed E-state index contributed by atoms with van der Waals surface area (Å²) in [4.78, 5) is 4.26. The molecule has 0 fully saturated rings. The second-order valence-electron chi connectivity index (χ2n) is 4.74. The van der Waals surface area contributed by atoms with Crippen molar-refractivity contribution in [1.29, 1.82) is 0 Å². The lowest BCUT2D eigenvalue weighted by atomic mass is 10.3. The van der Waals surface area contributed by atoms with Gasteiger partial charge in [-0.25, -0.2) is 9.37 Å². The van der Waals surface area contributed by atoms with E-state index in [0.717, 1.165) is 18.7 Å². The Bertz CT molecular complexity index is 743. The molecule has 1 heterocycles. The largest absolute Gasteiger partial charge is 0.439 e. The minimum absolute atomic E-state index is 0.256. The third-order valence-corrected chi connectivity index (χ3v) is 3.40. The van der Waals surface area contributed by atoms with E-state index in [2.05, 4.69) is 10.3 Å². The van der Waals surface area contributed by atoms with E-state index in [9.17, 15) is 4.39 Å². The standard InChI is InChI=1S/C16H14ClFN2O/c17-13-9-11(18)10-14-16(13)21-15(20-14)7-4-8-19-12-5-2-1-3-6-12/h1-3,5-6,9-10,19H,4,7-8H2. The number of nitrogens with zero attached hydrogens (tertiary/aromatic N) is 1. The van der Waals surface area contributed by atoms with E-state index in [4.69, 9.17) is 16.0 Å². The van der Waals surface area contributed by atoms with Crippen LogP contribution in [0.5, 0.6) is 0 Å². The summed E-state index contributed by atoms with van der Waals surface area (Å²) in [6, 6.07) is 12.5. The van der Waals surface area contributed by atoms with Crippen LogP contribution in [0.25, 0.3) is 11.1 Å². The van der Waals surface area contributed by atoms with Crippen LogP contribution >= 0.6 is 11.6 Å². The Kier molecular flexibility index (Phi) is 4.06. The molecule has 0 spiro atoms. The van der Waals surface area contributed by atoms with Crippen LogP contribution in [-0.2, 0) is 6.42 Å². The Morgan fingerprint density at radius 3 is 2.81 bits per heavy atom. The van der Waals surface area contributed by atoms with Crippen molar-refractivity contribution in [3.8, 4) is 0 Å².